The first-order chi connectivity index (χ1) is 15.1. The monoisotopic (exact) mass is 441 g/mol. The Morgan fingerprint density at radius 3 is 2.74 bits per heavy atom. The quantitative estimate of drug-likeness (QED) is 0.559. The van der Waals surface area contributed by atoms with Gasteiger partial charge in [0, 0.05) is 12.1 Å². The zero-order valence-electron chi connectivity index (χ0n) is 17.3. The van der Waals surface area contributed by atoms with Crippen molar-refractivity contribution in [2.45, 2.75) is 24.0 Å². The number of aromatic nitrogens is 4. The Labute approximate surface area is 184 Å². The number of rotatable bonds is 7. The van der Waals surface area contributed by atoms with Gasteiger partial charge in [0.2, 0.25) is 11.1 Å². The van der Waals surface area contributed by atoms with E-state index in [9.17, 15) is 9.90 Å². The molecule has 1 amide bonds. The molecule has 3 aromatic rings. The smallest absolute Gasteiger partial charge is 0.233 e. The zero-order valence-corrected chi connectivity index (χ0v) is 18.1. The Bertz CT molecular complexity index is 1060. The van der Waals surface area contributed by atoms with Crippen LogP contribution in [0, 0.1) is 0 Å². The van der Waals surface area contributed by atoms with Crippen LogP contribution in [0.4, 0.5) is 0 Å². The molecule has 162 valence electrons. The number of phenols is 1. The number of methoxy groups -OCH3 is 2. The lowest BCUT2D eigenvalue weighted by Gasteiger charge is -2.26. The fraction of sp³-hybridized carbons (Fsp3) is 0.333. The van der Waals surface area contributed by atoms with Crippen LogP contribution in [0.1, 0.15) is 24.4 Å². The number of nitrogens with zero attached hydrogens (tertiary/aromatic N) is 5. The zero-order chi connectivity index (χ0) is 21.8. The Hall–Kier alpha value is -3.27. The molecule has 2 heterocycles. The van der Waals surface area contributed by atoms with Gasteiger partial charge in [-0.3, -0.25) is 4.79 Å². The molecule has 1 aliphatic rings. The summed E-state index contributed by atoms with van der Waals surface area (Å²) in [6.45, 7) is 0.688. The number of likely N-dealkylation sites (tertiary alicyclic amines) is 1. The van der Waals surface area contributed by atoms with Gasteiger partial charge in [-0.2, -0.15) is 4.68 Å². The van der Waals surface area contributed by atoms with E-state index in [1.54, 1.807) is 43.2 Å². The molecule has 10 heteroatoms. The van der Waals surface area contributed by atoms with E-state index in [1.807, 2.05) is 23.1 Å². The molecule has 4 rings (SSSR count). The van der Waals surface area contributed by atoms with Crippen molar-refractivity contribution in [3.63, 3.8) is 0 Å². The predicted octanol–water partition coefficient (Wildman–Crippen LogP) is 2.84. The molecule has 0 aliphatic carbocycles. The van der Waals surface area contributed by atoms with Crippen molar-refractivity contribution in [3.05, 3.63) is 48.0 Å². The molecule has 1 fully saturated rings. The van der Waals surface area contributed by atoms with Crippen LogP contribution in [0.15, 0.2) is 47.6 Å². The van der Waals surface area contributed by atoms with Gasteiger partial charge in [-0.15, -0.1) is 5.10 Å². The Morgan fingerprint density at radius 2 is 2.00 bits per heavy atom. The second-order valence-electron chi connectivity index (χ2n) is 7.03. The van der Waals surface area contributed by atoms with E-state index in [1.165, 1.54) is 11.8 Å². The highest BCUT2D eigenvalue weighted by atomic mass is 32.2. The predicted molar refractivity (Wildman–Crippen MR) is 115 cm³/mol. The lowest BCUT2D eigenvalue weighted by Crippen LogP contribution is -2.32. The van der Waals surface area contributed by atoms with Crippen LogP contribution in [0.5, 0.6) is 17.2 Å². The van der Waals surface area contributed by atoms with Crippen LogP contribution in [-0.2, 0) is 4.79 Å². The highest BCUT2D eigenvalue weighted by Gasteiger charge is 2.32. The molecule has 0 spiro atoms. The maximum Gasteiger partial charge on any atom is 0.233 e. The Balaban J connectivity index is 1.48. The fourth-order valence-electron chi connectivity index (χ4n) is 3.72. The molecular weight excluding hydrogens is 418 g/mol. The van der Waals surface area contributed by atoms with Gasteiger partial charge >= 0.3 is 0 Å². The van der Waals surface area contributed by atoms with Crippen molar-refractivity contribution in [2.75, 3.05) is 26.5 Å². The van der Waals surface area contributed by atoms with Gasteiger partial charge in [0.05, 0.1) is 31.7 Å². The molecule has 0 bridgehead atoms. The molecule has 0 radical (unpaired) electrons. The number of ether oxygens (including phenoxy) is 2. The maximum atomic E-state index is 13.1. The third-order valence-electron chi connectivity index (χ3n) is 5.23. The number of phenolic OH excluding ortho intramolecular Hbond substituents is 1. The van der Waals surface area contributed by atoms with Crippen LogP contribution >= 0.6 is 11.8 Å². The van der Waals surface area contributed by atoms with Crippen LogP contribution < -0.4 is 9.47 Å². The van der Waals surface area contributed by atoms with Crippen molar-refractivity contribution in [3.8, 4) is 22.9 Å². The molecule has 31 heavy (non-hydrogen) atoms. The minimum Gasteiger partial charge on any atom is -0.508 e. The summed E-state index contributed by atoms with van der Waals surface area (Å²) in [7, 11) is 3.25. The van der Waals surface area contributed by atoms with Gasteiger partial charge < -0.3 is 19.5 Å². The summed E-state index contributed by atoms with van der Waals surface area (Å²) in [5, 5.41) is 21.7. The average molecular weight is 442 g/mol. The first kappa shape index (κ1) is 21.0. The van der Waals surface area contributed by atoms with Crippen molar-refractivity contribution >= 4 is 17.7 Å². The van der Waals surface area contributed by atoms with Crippen molar-refractivity contribution in [2.24, 2.45) is 0 Å². The molecule has 2 aromatic carbocycles. The normalized spacial score (nSPS) is 15.8. The summed E-state index contributed by atoms with van der Waals surface area (Å²) in [6, 6.07) is 12.1. The Morgan fingerprint density at radius 1 is 1.19 bits per heavy atom. The number of tetrazole rings is 1. The summed E-state index contributed by atoms with van der Waals surface area (Å²) in [4.78, 5) is 15.0. The molecule has 0 saturated carbocycles. The average Bonchev–Trinajstić information content (AvgIpc) is 3.47. The number of carbonyl (C=O) groups excluding carboxylic acids is 1. The van der Waals surface area contributed by atoms with E-state index in [4.69, 9.17) is 9.47 Å². The third-order valence-corrected chi connectivity index (χ3v) is 6.13. The summed E-state index contributed by atoms with van der Waals surface area (Å²) < 4.78 is 12.4. The lowest BCUT2D eigenvalue weighted by atomic mass is 10.0. The van der Waals surface area contributed by atoms with Gasteiger partial charge in [-0.25, -0.2) is 0 Å². The lowest BCUT2D eigenvalue weighted by molar-refractivity contribution is -0.129. The largest absolute Gasteiger partial charge is 0.508 e. The van der Waals surface area contributed by atoms with Crippen LogP contribution in [0.3, 0.4) is 0 Å². The van der Waals surface area contributed by atoms with Crippen molar-refractivity contribution < 1.29 is 19.4 Å². The number of benzene rings is 2. The molecule has 1 saturated heterocycles. The van der Waals surface area contributed by atoms with Gasteiger partial charge in [0.15, 0.2) is 0 Å². The van der Waals surface area contributed by atoms with E-state index < -0.39 is 0 Å². The Kier molecular flexibility index (Phi) is 6.26. The van der Waals surface area contributed by atoms with Gasteiger partial charge in [-0.1, -0.05) is 11.8 Å². The first-order valence-corrected chi connectivity index (χ1v) is 10.8. The second-order valence-corrected chi connectivity index (χ2v) is 7.97. The second kappa shape index (κ2) is 9.25. The molecule has 1 N–H and O–H groups in total. The summed E-state index contributed by atoms with van der Waals surface area (Å²) >= 11 is 1.28. The molecule has 1 unspecified atom stereocenters. The maximum absolute atomic E-state index is 13.1. The van der Waals surface area contributed by atoms with E-state index in [-0.39, 0.29) is 23.5 Å². The fourth-order valence-corrected chi connectivity index (χ4v) is 4.50. The van der Waals surface area contributed by atoms with E-state index in [2.05, 4.69) is 15.5 Å². The highest BCUT2D eigenvalue weighted by Crippen LogP contribution is 2.39. The molecule has 9 nitrogen and oxygen atoms in total. The van der Waals surface area contributed by atoms with E-state index >= 15 is 0 Å². The minimum absolute atomic E-state index is 0.0117. The van der Waals surface area contributed by atoms with Crippen molar-refractivity contribution in [1.82, 2.24) is 25.1 Å². The number of hydrogen-bond donors (Lipinski definition) is 1. The number of thioether (sulfide) groups is 1. The summed E-state index contributed by atoms with van der Waals surface area (Å²) in [6.07, 6.45) is 1.79. The van der Waals surface area contributed by atoms with Crippen LogP contribution in [-0.4, -0.2) is 62.6 Å². The molecule has 1 aliphatic heterocycles. The van der Waals surface area contributed by atoms with E-state index in [0.29, 0.717) is 17.4 Å². The minimum atomic E-state index is -0.0637. The number of hydrogen-bond acceptors (Lipinski definition) is 8. The molecule has 1 aromatic heterocycles. The van der Waals surface area contributed by atoms with Crippen LogP contribution in [0.2, 0.25) is 0 Å². The summed E-state index contributed by atoms with van der Waals surface area (Å²) in [5.74, 6) is 1.86. The summed E-state index contributed by atoms with van der Waals surface area (Å²) in [5.41, 5.74) is 1.66. The number of carbonyl (C=O) groups is 1. The number of amides is 1. The highest BCUT2D eigenvalue weighted by molar-refractivity contribution is 7.99. The molecule has 1 atom stereocenters. The standard InChI is InChI=1S/C21H23N5O4S/c1-29-16-9-10-19(30-2)17(12-16)18-4-3-11-25(18)20(28)13-31-21-22-23-24-26(21)14-5-7-15(27)8-6-14/h5-10,12,18,27H,3-4,11,13H2,1-2H3. The number of aromatic hydroxyl groups is 1. The van der Waals surface area contributed by atoms with Gasteiger partial charge in [0.25, 0.3) is 0 Å². The molecular formula is C21H23N5O4S. The topological polar surface area (TPSA) is 103 Å². The van der Waals surface area contributed by atoms with E-state index in [0.717, 1.165) is 29.9 Å². The van der Waals surface area contributed by atoms with Crippen molar-refractivity contribution in [1.29, 1.82) is 0 Å². The van der Waals surface area contributed by atoms with Crippen LogP contribution in [0.25, 0.3) is 5.69 Å². The van der Waals surface area contributed by atoms with Gasteiger partial charge in [0.1, 0.15) is 17.2 Å². The first-order valence-electron chi connectivity index (χ1n) is 9.82. The van der Waals surface area contributed by atoms with Gasteiger partial charge in [-0.05, 0) is 65.7 Å². The third kappa shape index (κ3) is 4.43. The SMILES string of the molecule is COc1ccc(OC)c(C2CCCN2C(=O)CSc2nnnn2-c2ccc(O)cc2)c1.